The maximum absolute atomic E-state index is 6.05. The number of halogens is 3. The van der Waals surface area contributed by atoms with Crippen LogP contribution in [0.15, 0.2) is 47.8 Å². The van der Waals surface area contributed by atoms with Gasteiger partial charge in [-0.15, -0.1) is 28.3 Å². The number of hydrogen-bond acceptors (Lipinski definition) is 4. The molecule has 7 heteroatoms. The molecule has 0 saturated carbocycles. The minimum atomic E-state index is 0. The first kappa shape index (κ1) is 18.1. The van der Waals surface area contributed by atoms with Crippen LogP contribution in [0.5, 0.6) is 5.75 Å². The Morgan fingerprint density at radius 2 is 1.78 bits per heavy atom. The van der Waals surface area contributed by atoms with E-state index in [0.717, 1.165) is 27.8 Å². The molecule has 0 amide bonds. The molecule has 0 atom stereocenters. The van der Waals surface area contributed by atoms with Crippen molar-refractivity contribution in [3.8, 4) is 17.0 Å². The van der Waals surface area contributed by atoms with E-state index in [4.69, 9.17) is 27.9 Å². The summed E-state index contributed by atoms with van der Waals surface area (Å²) in [4.78, 5) is 4.56. The summed E-state index contributed by atoms with van der Waals surface area (Å²) in [5, 5.41) is 7.12. The van der Waals surface area contributed by atoms with Gasteiger partial charge < -0.3 is 10.1 Å². The number of aromatic nitrogens is 1. The summed E-state index contributed by atoms with van der Waals surface area (Å²) in [6, 6.07) is 13.2. The Morgan fingerprint density at radius 1 is 1.04 bits per heavy atom. The maximum atomic E-state index is 6.05. The fraction of sp³-hybridized carbons (Fsp3) is 0.0625. The van der Waals surface area contributed by atoms with Gasteiger partial charge in [-0.25, -0.2) is 4.98 Å². The van der Waals surface area contributed by atoms with Gasteiger partial charge in [-0.2, -0.15) is 0 Å². The fourth-order valence-electron chi connectivity index (χ4n) is 1.92. The Balaban J connectivity index is 0.00000192. The molecule has 0 unspecified atom stereocenters. The van der Waals surface area contributed by atoms with Gasteiger partial charge in [-0.1, -0.05) is 29.3 Å². The van der Waals surface area contributed by atoms with Gasteiger partial charge in [0.15, 0.2) is 5.13 Å². The summed E-state index contributed by atoms with van der Waals surface area (Å²) in [6.07, 6.45) is 0. The Morgan fingerprint density at radius 3 is 2.43 bits per heavy atom. The van der Waals surface area contributed by atoms with Crippen molar-refractivity contribution in [2.45, 2.75) is 0 Å². The first-order valence-electron chi connectivity index (χ1n) is 6.48. The van der Waals surface area contributed by atoms with Crippen molar-refractivity contribution in [1.82, 2.24) is 4.98 Å². The van der Waals surface area contributed by atoms with Crippen LogP contribution < -0.4 is 10.1 Å². The molecule has 0 bridgehead atoms. The van der Waals surface area contributed by atoms with Crippen LogP contribution in [0.25, 0.3) is 11.3 Å². The molecular formula is C16H13BrCl2N2OS. The number of anilines is 2. The molecule has 2 aromatic carbocycles. The number of thiazole rings is 1. The minimum absolute atomic E-state index is 0. The largest absolute Gasteiger partial charge is 0.497 e. The first-order chi connectivity index (χ1) is 10.7. The van der Waals surface area contributed by atoms with Crippen molar-refractivity contribution in [2.24, 2.45) is 0 Å². The van der Waals surface area contributed by atoms with Crippen LogP contribution in [0.4, 0.5) is 10.8 Å². The van der Waals surface area contributed by atoms with E-state index in [0.29, 0.717) is 10.0 Å². The molecule has 0 aliphatic rings. The Labute approximate surface area is 159 Å². The highest BCUT2D eigenvalue weighted by Gasteiger charge is 2.07. The predicted molar refractivity (Wildman–Crippen MR) is 104 cm³/mol. The average Bonchev–Trinajstić information content (AvgIpc) is 2.99. The lowest BCUT2D eigenvalue weighted by molar-refractivity contribution is 0.415. The van der Waals surface area contributed by atoms with Gasteiger partial charge >= 0.3 is 0 Å². The van der Waals surface area contributed by atoms with E-state index >= 15 is 0 Å². The topological polar surface area (TPSA) is 34.1 Å². The lowest BCUT2D eigenvalue weighted by Crippen LogP contribution is -1.90. The van der Waals surface area contributed by atoms with Crippen molar-refractivity contribution < 1.29 is 4.74 Å². The lowest BCUT2D eigenvalue weighted by atomic mass is 10.2. The highest BCUT2D eigenvalue weighted by molar-refractivity contribution is 8.93. The van der Waals surface area contributed by atoms with E-state index in [1.54, 1.807) is 13.2 Å². The van der Waals surface area contributed by atoms with Crippen LogP contribution in [0, 0.1) is 0 Å². The minimum Gasteiger partial charge on any atom is -0.497 e. The second-order valence-electron chi connectivity index (χ2n) is 4.52. The number of ether oxygens (including phenoxy) is 1. The smallest absolute Gasteiger partial charge is 0.187 e. The van der Waals surface area contributed by atoms with Gasteiger partial charge in [0, 0.05) is 16.6 Å². The van der Waals surface area contributed by atoms with Gasteiger partial charge in [-0.3, -0.25) is 0 Å². The van der Waals surface area contributed by atoms with Gasteiger partial charge in [-0.05, 0) is 36.4 Å². The third-order valence-electron chi connectivity index (χ3n) is 3.06. The molecule has 0 radical (unpaired) electrons. The van der Waals surface area contributed by atoms with E-state index in [-0.39, 0.29) is 17.0 Å². The van der Waals surface area contributed by atoms with E-state index in [9.17, 15) is 0 Å². The summed E-state index contributed by atoms with van der Waals surface area (Å²) >= 11 is 13.5. The molecule has 0 spiro atoms. The molecule has 23 heavy (non-hydrogen) atoms. The highest BCUT2D eigenvalue weighted by atomic mass is 79.9. The molecule has 3 aromatic rings. The molecule has 1 N–H and O–H groups in total. The molecule has 0 fully saturated rings. The zero-order valence-corrected chi connectivity index (χ0v) is 16.1. The van der Waals surface area contributed by atoms with E-state index < -0.39 is 0 Å². The molecule has 0 aliphatic carbocycles. The predicted octanol–water partition coefficient (Wildman–Crippen LogP) is 6.45. The number of rotatable bonds is 4. The number of benzene rings is 2. The van der Waals surface area contributed by atoms with Crippen LogP contribution in [0.2, 0.25) is 10.0 Å². The second-order valence-corrected chi connectivity index (χ2v) is 6.19. The van der Waals surface area contributed by atoms with Crippen molar-refractivity contribution in [3.05, 3.63) is 57.9 Å². The normalized spacial score (nSPS) is 10.0. The number of nitrogens with zero attached hydrogens (tertiary/aromatic N) is 1. The van der Waals surface area contributed by atoms with Gasteiger partial charge in [0.25, 0.3) is 0 Å². The van der Waals surface area contributed by atoms with Crippen LogP contribution in [0.3, 0.4) is 0 Å². The first-order valence-corrected chi connectivity index (χ1v) is 8.11. The number of methoxy groups -OCH3 is 1. The lowest BCUT2D eigenvalue weighted by Gasteiger charge is -2.04. The zero-order valence-electron chi connectivity index (χ0n) is 12.0. The average molecular weight is 432 g/mol. The van der Waals surface area contributed by atoms with Crippen molar-refractivity contribution in [2.75, 3.05) is 12.4 Å². The van der Waals surface area contributed by atoms with Gasteiger partial charge in [0.05, 0.1) is 22.8 Å². The number of hydrogen-bond donors (Lipinski definition) is 1. The maximum Gasteiger partial charge on any atom is 0.187 e. The van der Waals surface area contributed by atoms with Gasteiger partial charge in [0.1, 0.15) is 5.75 Å². The van der Waals surface area contributed by atoms with E-state index in [2.05, 4.69) is 10.3 Å². The number of nitrogens with one attached hydrogen (secondary N) is 1. The monoisotopic (exact) mass is 430 g/mol. The summed E-state index contributed by atoms with van der Waals surface area (Å²) in [7, 11) is 1.65. The third-order valence-corrected chi connectivity index (χ3v) is 4.56. The molecule has 3 nitrogen and oxygen atoms in total. The van der Waals surface area contributed by atoms with Gasteiger partial charge in [0.2, 0.25) is 0 Å². The molecule has 120 valence electrons. The highest BCUT2D eigenvalue weighted by Crippen LogP contribution is 2.31. The van der Waals surface area contributed by atoms with Crippen molar-refractivity contribution in [3.63, 3.8) is 0 Å². The van der Waals surface area contributed by atoms with Crippen LogP contribution >= 0.6 is 51.5 Å². The Hall–Kier alpha value is -1.27. The molecular weight excluding hydrogens is 419 g/mol. The summed E-state index contributed by atoms with van der Waals surface area (Å²) < 4.78 is 5.14. The quantitative estimate of drug-likeness (QED) is 0.515. The van der Waals surface area contributed by atoms with Crippen molar-refractivity contribution >= 4 is 62.3 Å². The van der Waals surface area contributed by atoms with Crippen LogP contribution in [-0.2, 0) is 0 Å². The second kappa shape index (κ2) is 8.02. The van der Waals surface area contributed by atoms with Crippen LogP contribution in [-0.4, -0.2) is 12.1 Å². The van der Waals surface area contributed by atoms with E-state index in [1.807, 2.05) is 41.8 Å². The molecule has 1 heterocycles. The summed E-state index contributed by atoms with van der Waals surface area (Å²) in [6.45, 7) is 0. The van der Waals surface area contributed by atoms with Crippen LogP contribution in [0.1, 0.15) is 0 Å². The summed E-state index contributed by atoms with van der Waals surface area (Å²) in [5.74, 6) is 0.821. The molecule has 1 aromatic heterocycles. The van der Waals surface area contributed by atoms with E-state index in [1.165, 1.54) is 11.3 Å². The Kier molecular flexibility index (Phi) is 6.30. The molecule has 3 rings (SSSR count). The standard InChI is InChI=1S/C16H12Cl2N2OS.BrH/c1-21-12-5-3-11(4-6-12)19-16-20-15(9-22-16)10-2-7-13(17)14(18)8-10;/h2-9H,1H3,(H,19,20);1H. The SMILES string of the molecule is Br.COc1ccc(Nc2nc(-c3ccc(Cl)c(Cl)c3)cs2)cc1. The van der Waals surface area contributed by atoms with Crippen molar-refractivity contribution in [1.29, 1.82) is 0 Å². The Bertz CT molecular complexity index is 793. The fourth-order valence-corrected chi connectivity index (χ4v) is 2.95. The zero-order chi connectivity index (χ0) is 15.5. The summed E-state index contributed by atoms with van der Waals surface area (Å²) in [5.41, 5.74) is 2.75. The molecule has 0 saturated heterocycles. The molecule has 0 aliphatic heterocycles. The third kappa shape index (κ3) is 4.38.